The van der Waals surface area contributed by atoms with Gasteiger partial charge in [-0.3, -0.25) is 4.99 Å². The van der Waals surface area contributed by atoms with E-state index in [4.69, 9.17) is 5.73 Å². The number of hydrogen-bond donors (Lipinski definition) is 1. The fourth-order valence-electron chi connectivity index (χ4n) is 0.823. The van der Waals surface area contributed by atoms with E-state index in [1.54, 1.807) is 0 Å². The molecule has 0 heterocycles. The van der Waals surface area contributed by atoms with Gasteiger partial charge in [0, 0.05) is 5.92 Å². The largest absolute Gasteiger partial charge is 0.387 e. The molecule has 0 bridgehead atoms. The van der Waals surface area contributed by atoms with Crippen LogP contribution in [0.15, 0.2) is 4.99 Å². The summed E-state index contributed by atoms with van der Waals surface area (Å²) in [6.45, 7) is 6.36. The minimum Gasteiger partial charge on any atom is -0.387 e. The van der Waals surface area contributed by atoms with Crippen molar-refractivity contribution < 1.29 is 0 Å². The molecule has 0 aromatic heterocycles. The fourth-order valence-corrected chi connectivity index (χ4v) is 0.823. The lowest BCUT2D eigenvalue weighted by Crippen LogP contribution is -2.19. The summed E-state index contributed by atoms with van der Waals surface area (Å²) in [4.78, 5) is 4.36. The van der Waals surface area contributed by atoms with E-state index in [1.165, 1.54) is 6.42 Å². The van der Waals surface area contributed by atoms with Gasteiger partial charge in [-0.2, -0.15) is 0 Å². The van der Waals surface area contributed by atoms with Crippen LogP contribution in [0.1, 0.15) is 27.2 Å². The number of rotatable bonds is 2. The summed E-state index contributed by atoms with van der Waals surface area (Å²) >= 11 is 0. The highest BCUT2D eigenvalue weighted by molar-refractivity contribution is 5.82. The summed E-state index contributed by atoms with van der Waals surface area (Å²) in [6.07, 6.45) is 1.23. The molecular formula is C8H16N2. The summed E-state index contributed by atoms with van der Waals surface area (Å²) in [7, 11) is 0. The Morgan fingerprint density at radius 2 is 2.10 bits per heavy atom. The zero-order valence-corrected chi connectivity index (χ0v) is 6.96. The average Bonchev–Trinajstić information content (AvgIpc) is 2.46. The first kappa shape index (κ1) is 7.58. The van der Waals surface area contributed by atoms with Crippen LogP contribution in [0.25, 0.3) is 0 Å². The van der Waals surface area contributed by atoms with Crippen LogP contribution in [0.3, 0.4) is 0 Å². The van der Waals surface area contributed by atoms with Gasteiger partial charge in [-0.05, 0) is 12.3 Å². The minimum atomic E-state index is 0.410. The van der Waals surface area contributed by atoms with Gasteiger partial charge < -0.3 is 5.73 Å². The SMILES string of the molecule is CC(C)C(N)=NC1CC1C. The van der Waals surface area contributed by atoms with Gasteiger partial charge in [-0.15, -0.1) is 0 Å². The van der Waals surface area contributed by atoms with Crippen LogP contribution in [-0.2, 0) is 0 Å². The second kappa shape index (κ2) is 2.60. The predicted octanol–water partition coefficient (Wildman–Crippen LogP) is 1.41. The van der Waals surface area contributed by atoms with Gasteiger partial charge in [0.25, 0.3) is 0 Å². The van der Waals surface area contributed by atoms with Gasteiger partial charge in [-0.1, -0.05) is 20.8 Å². The van der Waals surface area contributed by atoms with Gasteiger partial charge in [0.15, 0.2) is 0 Å². The number of nitrogens with zero attached hydrogens (tertiary/aromatic N) is 1. The molecule has 1 saturated carbocycles. The third-order valence-corrected chi connectivity index (χ3v) is 1.97. The number of aliphatic imine (C=N–C) groups is 1. The van der Waals surface area contributed by atoms with Gasteiger partial charge in [0.05, 0.1) is 11.9 Å². The number of amidine groups is 1. The highest BCUT2D eigenvalue weighted by Gasteiger charge is 2.32. The van der Waals surface area contributed by atoms with E-state index in [-0.39, 0.29) is 0 Å². The summed E-state index contributed by atoms with van der Waals surface area (Å²) in [5.41, 5.74) is 5.67. The van der Waals surface area contributed by atoms with Gasteiger partial charge in [0.1, 0.15) is 0 Å². The molecule has 0 radical (unpaired) electrons. The van der Waals surface area contributed by atoms with E-state index in [0.29, 0.717) is 12.0 Å². The topological polar surface area (TPSA) is 38.4 Å². The summed E-state index contributed by atoms with van der Waals surface area (Å²) in [6, 6.07) is 0.544. The standard InChI is InChI=1S/C8H16N2/c1-5(2)8(9)10-7-4-6(7)3/h5-7H,4H2,1-3H3,(H2,9,10). The maximum Gasteiger partial charge on any atom is 0.0966 e. The molecule has 0 aromatic carbocycles. The van der Waals surface area contributed by atoms with E-state index in [2.05, 4.69) is 25.8 Å². The van der Waals surface area contributed by atoms with Crippen LogP contribution in [0, 0.1) is 11.8 Å². The molecule has 1 fully saturated rings. The van der Waals surface area contributed by atoms with Crippen LogP contribution >= 0.6 is 0 Å². The lowest BCUT2D eigenvalue weighted by atomic mass is 10.2. The Morgan fingerprint density at radius 3 is 2.40 bits per heavy atom. The zero-order valence-electron chi connectivity index (χ0n) is 6.96. The lowest BCUT2D eigenvalue weighted by molar-refractivity contribution is 0.832. The monoisotopic (exact) mass is 140 g/mol. The molecule has 1 aliphatic rings. The highest BCUT2D eigenvalue weighted by atomic mass is 14.9. The molecule has 0 aromatic rings. The molecule has 1 aliphatic carbocycles. The van der Waals surface area contributed by atoms with Crippen molar-refractivity contribution in [1.29, 1.82) is 0 Å². The van der Waals surface area contributed by atoms with E-state index in [0.717, 1.165) is 11.8 Å². The van der Waals surface area contributed by atoms with Gasteiger partial charge in [0.2, 0.25) is 0 Å². The predicted molar refractivity (Wildman–Crippen MR) is 44.0 cm³/mol. The molecule has 2 heteroatoms. The van der Waals surface area contributed by atoms with Crippen molar-refractivity contribution in [3.05, 3.63) is 0 Å². The van der Waals surface area contributed by atoms with E-state index < -0.39 is 0 Å². The Balaban J connectivity index is 2.39. The molecule has 2 N–H and O–H groups in total. The summed E-state index contributed by atoms with van der Waals surface area (Å²) < 4.78 is 0. The Kier molecular flexibility index (Phi) is 1.97. The van der Waals surface area contributed by atoms with E-state index in [1.807, 2.05) is 0 Å². The quantitative estimate of drug-likeness (QED) is 0.457. The maximum absolute atomic E-state index is 5.67. The zero-order chi connectivity index (χ0) is 7.72. The lowest BCUT2D eigenvalue weighted by Gasteiger charge is -2.02. The molecule has 58 valence electrons. The highest BCUT2D eigenvalue weighted by Crippen LogP contribution is 2.32. The van der Waals surface area contributed by atoms with E-state index in [9.17, 15) is 0 Å². The first-order valence-corrected chi connectivity index (χ1v) is 3.94. The van der Waals surface area contributed by atoms with Crippen LogP contribution in [-0.4, -0.2) is 11.9 Å². The van der Waals surface area contributed by atoms with Crippen LogP contribution < -0.4 is 5.73 Å². The van der Waals surface area contributed by atoms with Crippen molar-refractivity contribution in [1.82, 2.24) is 0 Å². The molecule has 0 spiro atoms. The minimum absolute atomic E-state index is 0.410. The molecule has 2 nitrogen and oxygen atoms in total. The summed E-state index contributed by atoms with van der Waals surface area (Å²) in [5, 5.41) is 0. The Hall–Kier alpha value is -0.530. The molecule has 2 atom stereocenters. The summed E-state index contributed by atoms with van der Waals surface area (Å²) in [5.74, 6) is 2.00. The Bertz CT molecular complexity index is 149. The molecule has 2 unspecified atom stereocenters. The molecule has 0 aliphatic heterocycles. The van der Waals surface area contributed by atoms with Crippen molar-refractivity contribution >= 4 is 5.84 Å². The molecular weight excluding hydrogens is 124 g/mol. The smallest absolute Gasteiger partial charge is 0.0966 e. The van der Waals surface area contributed by atoms with Crippen LogP contribution in [0.4, 0.5) is 0 Å². The number of hydrogen-bond acceptors (Lipinski definition) is 1. The van der Waals surface area contributed by atoms with Crippen molar-refractivity contribution in [3.63, 3.8) is 0 Å². The molecule has 0 amide bonds. The van der Waals surface area contributed by atoms with Crippen molar-refractivity contribution in [2.24, 2.45) is 22.6 Å². The Labute approximate surface area is 62.5 Å². The van der Waals surface area contributed by atoms with Crippen molar-refractivity contribution in [3.8, 4) is 0 Å². The first-order valence-electron chi connectivity index (χ1n) is 3.94. The fraction of sp³-hybridized carbons (Fsp3) is 0.875. The van der Waals surface area contributed by atoms with Crippen molar-refractivity contribution in [2.75, 3.05) is 0 Å². The second-order valence-corrected chi connectivity index (χ2v) is 3.49. The first-order chi connectivity index (χ1) is 4.61. The van der Waals surface area contributed by atoms with Gasteiger partial charge in [-0.25, -0.2) is 0 Å². The van der Waals surface area contributed by atoms with Crippen LogP contribution in [0.5, 0.6) is 0 Å². The molecule has 0 saturated heterocycles. The number of nitrogens with two attached hydrogens (primary N) is 1. The van der Waals surface area contributed by atoms with Gasteiger partial charge >= 0.3 is 0 Å². The maximum atomic E-state index is 5.67. The molecule has 10 heavy (non-hydrogen) atoms. The average molecular weight is 140 g/mol. The third-order valence-electron chi connectivity index (χ3n) is 1.97. The third kappa shape index (κ3) is 1.72. The Morgan fingerprint density at radius 1 is 1.60 bits per heavy atom. The van der Waals surface area contributed by atoms with E-state index >= 15 is 0 Å². The normalized spacial score (nSPS) is 33.0. The second-order valence-electron chi connectivity index (χ2n) is 3.49. The van der Waals surface area contributed by atoms with Crippen LogP contribution in [0.2, 0.25) is 0 Å². The molecule has 1 rings (SSSR count). The van der Waals surface area contributed by atoms with Crippen molar-refractivity contribution in [2.45, 2.75) is 33.2 Å².